The maximum atomic E-state index is 2.46. The van der Waals surface area contributed by atoms with Crippen molar-refractivity contribution < 1.29 is 0 Å². The Morgan fingerprint density at radius 2 is 1.31 bits per heavy atom. The van der Waals surface area contributed by atoms with Gasteiger partial charge < -0.3 is 0 Å². The molecule has 3 aliphatic rings. The summed E-state index contributed by atoms with van der Waals surface area (Å²) in [5, 5.41) is 0. The van der Waals surface area contributed by atoms with E-state index in [0.29, 0.717) is 0 Å². The van der Waals surface area contributed by atoms with Gasteiger partial charge in [0.15, 0.2) is 0 Å². The van der Waals surface area contributed by atoms with Gasteiger partial charge in [0.1, 0.15) is 0 Å². The second kappa shape index (κ2) is 3.00. The highest BCUT2D eigenvalue weighted by molar-refractivity contribution is 5.00. The molecule has 0 aromatic rings. The third kappa shape index (κ3) is 1.17. The Morgan fingerprint density at radius 1 is 0.692 bits per heavy atom. The summed E-state index contributed by atoms with van der Waals surface area (Å²) in [5.41, 5.74) is 0. The zero-order valence-corrected chi connectivity index (χ0v) is 8.84. The van der Waals surface area contributed by atoms with Crippen LogP contribution in [0.1, 0.15) is 51.9 Å². The van der Waals surface area contributed by atoms with Gasteiger partial charge in [-0.05, 0) is 55.3 Å². The molecular formula is C13H22. The van der Waals surface area contributed by atoms with E-state index in [4.69, 9.17) is 0 Å². The second-order valence-electron chi connectivity index (χ2n) is 5.86. The lowest BCUT2D eigenvalue weighted by Crippen LogP contribution is -2.50. The summed E-state index contributed by atoms with van der Waals surface area (Å²) in [6.07, 6.45) is 10.9. The summed E-state index contributed by atoms with van der Waals surface area (Å²) < 4.78 is 0. The lowest BCUT2D eigenvalue weighted by Gasteiger charge is -2.58. The van der Waals surface area contributed by atoms with Gasteiger partial charge in [-0.1, -0.05) is 26.2 Å². The van der Waals surface area contributed by atoms with Gasteiger partial charge in [0.2, 0.25) is 0 Å². The molecule has 0 nitrogen and oxygen atoms in total. The van der Waals surface area contributed by atoms with E-state index in [9.17, 15) is 0 Å². The van der Waals surface area contributed by atoms with Gasteiger partial charge in [-0.2, -0.15) is 0 Å². The van der Waals surface area contributed by atoms with Crippen LogP contribution in [0.25, 0.3) is 0 Å². The molecule has 13 heavy (non-hydrogen) atoms. The van der Waals surface area contributed by atoms with Crippen LogP contribution in [-0.2, 0) is 0 Å². The fourth-order valence-corrected chi connectivity index (χ4v) is 4.58. The van der Waals surface area contributed by atoms with Gasteiger partial charge in [0.25, 0.3) is 0 Å². The fourth-order valence-electron chi connectivity index (χ4n) is 4.58. The minimum atomic E-state index is 1.05. The highest BCUT2D eigenvalue weighted by Crippen LogP contribution is 2.59. The number of rotatable bonds is 0. The summed E-state index contributed by atoms with van der Waals surface area (Å²) in [7, 11) is 0. The number of fused-ring (bicyclic) bond motifs is 4. The first-order chi connectivity index (χ1) is 6.36. The van der Waals surface area contributed by atoms with Crippen LogP contribution < -0.4 is 0 Å². The van der Waals surface area contributed by atoms with Crippen LogP contribution in [0.5, 0.6) is 0 Å². The SMILES string of the molecule is CC1CCC2C3CCCCC3C2C1. The maximum absolute atomic E-state index is 2.46. The molecule has 0 heterocycles. The van der Waals surface area contributed by atoms with E-state index in [0.717, 1.165) is 5.92 Å². The largest absolute Gasteiger partial charge is 0.0625 e. The Balaban J connectivity index is 1.71. The molecule has 0 aromatic carbocycles. The first kappa shape index (κ1) is 8.32. The van der Waals surface area contributed by atoms with Crippen LogP contribution in [0, 0.1) is 29.6 Å². The molecule has 5 unspecified atom stereocenters. The Kier molecular flexibility index (Phi) is 1.92. The van der Waals surface area contributed by atoms with Gasteiger partial charge in [-0.15, -0.1) is 0 Å². The maximum Gasteiger partial charge on any atom is -0.0349 e. The van der Waals surface area contributed by atoms with Crippen molar-refractivity contribution >= 4 is 0 Å². The van der Waals surface area contributed by atoms with Crippen LogP contribution in [0.3, 0.4) is 0 Å². The van der Waals surface area contributed by atoms with Crippen LogP contribution in [0.4, 0.5) is 0 Å². The Morgan fingerprint density at radius 3 is 2.08 bits per heavy atom. The van der Waals surface area contributed by atoms with Crippen molar-refractivity contribution in [2.45, 2.75) is 51.9 Å². The molecule has 3 aliphatic carbocycles. The lowest BCUT2D eigenvalue weighted by molar-refractivity contribution is -0.0896. The van der Waals surface area contributed by atoms with Crippen molar-refractivity contribution in [2.75, 3.05) is 0 Å². The molecule has 3 fully saturated rings. The fraction of sp³-hybridized carbons (Fsp3) is 1.00. The Hall–Kier alpha value is 0. The molecule has 0 heteroatoms. The van der Waals surface area contributed by atoms with Gasteiger partial charge >= 0.3 is 0 Å². The van der Waals surface area contributed by atoms with E-state index in [2.05, 4.69) is 6.92 Å². The second-order valence-corrected chi connectivity index (χ2v) is 5.86. The normalized spacial score (nSPS) is 54.7. The van der Waals surface area contributed by atoms with Crippen LogP contribution in [0.15, 0.2) is 0 Å². The van der Waals surface area contributed by atoms with Gasteiger partial charge in [0.05, 0.1) is 0 Å². The third-order valence-corrected chi connectivity index (χ3v) is 5.19. The molecule has 0 bridgehead atoms. The zero-order valence-electron chi connectivity index (χ0n) is 8.84. The van der Waals surface area contributed by atoms with Crippen molar-refractivity contribution in [3.8, 4) is 0 Å². The standard InChI is InChI=1S/C13H22/c1-9-6-7-12-10-4-2-3-5-11(10)13(12)8-9/h9-13H,2-8H2,1H3. The van der Waals surface area contributed by atoms with Crippen LogP contribution in [0.2, 0.25) is 0 Å². The third-order valence-electron chi connectivity index (χ3n) is 5.19. The van der Waals surface area contributed by atoms with Crippen molar-refractivity contribution in [2.24, 2.45) is 29.6 Å². The van der Waals surface area contributed by atoms with Crippen LogP contribution in [-0.4, -0.2) is 0 Å². The van der Waals surface area contributed by atoms with E-state index in [-0.39, 0.29) is 0 Å². The molecule has 0 spiro atoms. The highest BCUT2D eigenvalue weighted by Gasteiger charge is 2.51. The summed E-state index contributed by atoms with van der Waals surface area (Å²) in [6.45, 7) is 2.46. The molecule has 74 valence electrons. The van der Waals surface area contributed by atoms with Crippen molar-refractivity contribution in [3.05, 3.63) is 0 Å². The summed E-state index contributed by atoms with van der Waals surface area (Å²) >= 11 is 0. The highest BCUT2D eigenvalue weighted by atomic mass is 14.6. The molecule has 0 radical (unpaired) electrons. The molecule has 0 N–H and O–H groups in total. The average molecular weight is 178 g/mol. The zero-order chi connectivity index (χ0) is 8.84. The molecule has 0 amide bonds. The minimum absolute atomic E-state index is 1.05. The lowest BCUT2D eigenvalue weighted by atomic mass is 9.47. The van der Waals surface area contributed by atoms with Crippen molar-refractivity contribution in [1.82, 2.24) is 0 Å². The monoisotopic (exact) mass is 178 g/mol. The Labute approximate surface area is 82.1 Å². The topological polar surface area (TPSA) is 0 Å². The first-order valence-electron chi connectivity index (χ1n) is 6.36. The molecule has 5 atom stereocenters. The first-order valence-corrected chi connectivity index (χ1v) is 6.36. The van der Waals surface area contributed by atoms with E-state index < -0.39 is 0 Å². The predicted molar refractivity (Wildman–Crippen MR) is 55.4 cm³/mol. The number of hydrogen-bond acceptors (Lipinski definition) is 0. The quantitative estimate of drug-likeness (QED) is 0.528. The van der Waals surface area contributed by atoms with Gasteiger partial charge in [0, 0.05) is 0 Å². The summed E-state index contributed by atoms with van der Waals surface area (Å²) in [4.78, 5) is 0. The molecular weight excluding hydrogens is 156 g/mol. The van der Waals surface area contributed by atoms with Crippen molar-refractivity contribution in [1.29, 1.82) is 0 Å². The van der Waals surface area contributed by atoms with Crippen molar-refractivity contribution in [3.63, 3.8) is 0 Å². The minimum Gasteiger partial charge on any atom is -0.0625 e. The molecule has 0 aromatic heterocycles. The average Bonchev–Trinajstić information content (AvgIpc) is 2.15. The smallest absolute Gasteiger partial charge is 0.0349 e. The van der Waals surface area contributed by atoms with E-state index in [1.807, 2.05) is 0 Å². The Bertz CT molecular complexity index is 190. The summed E-state index contributed by atoms with van der Waals surface area (Å²) in [5.74, 6) is 5.77. The predicted octanol–water partition coefficient (Wildman–Crippen LogP) is 3.86. The van der Waals surface area contributed by atoms with E-state index in [1.54, 1.807) is 38.5 Å². The molecule has 3 rings (SSSR count). The van der Waals surface area contributed by atoms with Gasteiger partial charge in [-0.25, -0.2) is 0 Å². The molecule has 3 saturated carbocycles. The van der Waals surface area contributed by atoms with Gasteiger partial charge in [-0.3, -0.25) is 0 Å². The molecule has 0 saturated heterocycles. The summed E-state index contributed by atoms with van der Waals surface area (Å²) in [6, 6.07) is 0. The number of hydrogen-bond donors (Lipinski definition) is 0. The van der Waals surface area contributed by atoms with Crippen LogP contribution >= 0.6 is 0 Å². The van der Waals surface area contributed by atoms with E-state index >= 15 is 0 Å². The molecule has 0 aliphatic heterocycles. The van der Waals surface area contributed by atoms with E-state index in [1.165, 1.54) is 30.1 Å².